The van der Waals surface area contributed by atoms with Crippen molar-refractivity contribution in [2.75, 3.05) is 5.73 Å². The summed E-state index contributed by atoms with van der Waals surface area (Å²) in [5.74, 6) is 0.699. The SMILES string of the molecule is CC1(c2onc(N)c2-c2ccc(F)cc2Cl)CCCC1. The second kappa shape index (κ2) is 4.77. The molecule has 1 aromatic heterocycles. The van der Waals surface area contributed by atoms with Crippen LogP contribution >= 0.6 is 11.6 Å². The number of aromatic nitrogens is 1. The van der Waals surface area contributed by atoms with Gasteiger partial charge in [-0.3, -0.25) is 0 Å². The Morgan fingerprint density at radius 1 is 1.35 bits per heavy atom. The van der Waals surface area contributed by atoms with Crippen LogP contribution in [0.4, 0.5) is 10.2 Å². The minimum absolute atomic E-state index is 0.0718. The zero-order valence-electron chi connectivity index (χ0n) is 11.2. The molecular formula is C15H16ClFN2O. The highest BCUT2D eigenvalue weighted by Crippen LogP contribution is 2.47. The average molecular weight is 295 g/mol. The molecule has 2 N–H and O–H groups in total. The first kappa shape index (κ1) is 13.4. The van der Waals surface area contributed by atoms with Crippen LogP contribution in [0.2, 0.25) is 5.02 Å². The van der Waals surface area contributed by atoms with E-state index in [1.807, 2.05) is 0 Å². The molecule has 106 valence electrons. The maximum atomic E-state index is 13.2. The fourth-order valence-electron chi connectivity index (χ4n) is 3.05. The minimum Gasteiger partial charge on any atom is -0.380 e. The zero-order chi connectivity index (χ0) is 14.3. The first-order valence-corrected chi connectivity index (χ1v) is 7.10. The maximum Gasteiger partial charge on any atom is 0.175 e. The largest absolute Gasteiger partial charge is 0.380 e. The molecule has 0 aliphatic heterocycles. The van der Waals surface area contributed by atoms with Crippen molar-refractivity contribution in [3.8, 4) is 11.1 Å². The first-order valence-electron chi connectivity index (χ1n) is 6.72. The van der Waals surface area contributed by atoms with E-state index in [0.717, 1.165) is 31.4 Å². The molecule has 0 unspecified atom stereocenters. The molecular weight excluding hydrogens is 279 g/mol. The van der Waals surface area contributed by atoms with Crippen LogP contribution in [-0.4, -0.2) is 5.16 Å². The summed E-state index contributed by atoms with van der Waals surface area (Å²) in [5, 5.41) is 4.22. The lowest BCUT2D eigenvalue weighted by atomic mass is 9.82. The molecule has 1 aliphatic rings. The normalized spacial score (nSPS) is 17.6. The molecule has 3 rings (SSSR count). The number of rotatable bonds is 2. The molecule has 0 spiro atoms. The van der Waals surface area contributed by atoms with Gasteiger partial charge in [-0.05, 0) is 31.0 Å². The van der Waals surface area contributed by atoms with E-state index in [1.165, 1.54) is 12.1 Å². The molecule has 0 bridgehead atoms. The van der Waals surface area contributed by atoms with Crippen molar-refractivity contribution >= 4 is 17.4 Å². The monoisotopic (exact) mass is 294 g/mol. The number of anilines is 1. The lowest BCUT2D eigenvalue weighted by Gasteiger charge is -2.21. The number of hydrogen-bond acceptors (Lipinski definition) is 3. The van der Waals surface area contributed by atoms with E-state index >= 15 is 0 Å². The van der Waals surface area contributed by atoms with Gasteiger partial charge in [0.1, 0.15) is 5.82 Å². The van der Waals surface area contributed by atoms with Gasteiger partial charge in [0.2, 0.25) is 0 Å². The van der Waals surface area contributed by atoms with Crippen LogP contribution in [0, 0.1) is 5.82 Å². The van der Waals surface area contributed by atoms with Crippen molar-refractivity contribution in [1.29, 1.82) is 0 Å². The van der Waals surface area contributed by atoms with Gasteiger partial charge < -0.3 is 10.3 Å². The summed E-state index contributed by atoms with van der Waals surface area (Å²) in [6.45, 7) is 2.15. The standard InChI is InChI=1S/C15H16ClFN2O/c1-15(6-2-3-7-15)13-12(14(18)19-20-13)10-5-4-9(17)8-11(10)16/h4-5,8H,2-3,6-7H2,1H3,(H2,18,19). The number of halogens is 2. The predicted octanol–water partition coefficient (Wildman–Crippen LogP) is 4.55. The third-order valence-corrected chi connectivity index (χ3v) is 4.49. The van der Waals surface area contributed by atoms with Crippen LogP contribution in [0.15, 0.2) is 22.7 Å². The molecule has 1 aliphatic carbocycles. The molecule has 1 fully saturated rings. The Hall–Kier alpha value is -1.55. The van der Waals surface area contributed by atoms with Crippen molar-refractivity contribution in [3.05, 3.63) is 34.8 Å². The molecule has 0 saturated heterocycles. The van der Waals surface area contributed by atoms with Crippen molar-refractivity contribution in [1.82, 2.24) is 5.16 Å². The van der Waals surface area contributed by atoms with Gasteiger partial charge in [0, 0.05) is 11.0 Å². The lowest BCUT2D eigenvalue weighted by molar-refractivity contribution is 0.307. The van der Waals surface area contributed by atoms with Gasteiger partial charge in [0.05, 0.1) is 10.6 Å². The summed E-state index contributed by atoms with van der Waals surface area (Å²) < 4.78 is 18.7. The molecule has 0 radical (unpaired) electrons. The van der Waals surface area contributed by atoms with Crippen molar-refractivity contribution in [2.24, 2.45) is 0 Å². The van der Waals surface area contributed by atoms with Crippen LogP contribution in [0.3, 0.4) is 0 Å². The fourth-order valence-corrected chi connectivity index (χ4v) is 3.31. The number of benzene rings is 1. The van der Waals surface area contributed by atoms with E-state index in [0.29, 0.717) is 22.0 Å². The second-order valence-electron chi connectivity index (χ2n) is 5.66. The fraction of sp³-hybridized carbons (Fsp3) is 0.400. The van der Waals surface area contributed by atoms with E-state index < -0.39 is 0 Å². The van der Waals surface area contributed by atoms with Crippen LogP contribution in [-0.2, 0) is 5.41 Å². The number of nitrogen functional groups attached to an aromatic ring is 1. The van der Waals surface area contributed by atoms with Crippen LogP contribution in [0.5, 0.6) is 0 Å². The minimum atomic E-state index is -0.373. The van der Waals surface area contributed by atoms with Crippen molar-refractivity contribution < 1.29 is 8.91 Å². The van der Waals surface area contributed by atoms with E-state index in [2.05, 4.69) is 12.1 Å². The molecule has 1 heterocycles. The highest BCUT2D eigenvalue weighted by Gasteiger charge is 2.38. The van der Waals surface area contributed by atoms with Gasteiger partial charge in [0.25, 0.3) is 0 Å². The zero-order valence-corrected chi connectivity index (χ0v) is 12.0. The molecule has 3 nitrogen and oxygen atoms in total. The Morgan fingerprint density at radius 2 is 2.05 bits per heavy atom. The molecule has 1 aromatic carbocycles. The Kier molecular flexibility index (Phi) is 3.21. The topological polar surface area (TPSA) is 52.0 Å². The third-order valence-electron chi connectivity index (χ3n) is 4.17. The molecule has 20 heavy (non-hydrogen) atoms. The highest BCUT2D eigenvalue weighted by atomic mass is 35.5. The van der Waals surface area contributed by atoms with Crippen LogP contribution in [0.25, 0.3) is 11.1 Å². The van der Waals surface area contributed by atoms with Gasteiger partial charge in [-0.1, -0.05) is 36.5 Å². The van der Waals surface area contributed by atoms with Crippen molar-refractivity contribution in [3.63, 3.8) is 0 Å². The van der Waals surface area contributed by atoms with Crippen LogP contribution in [0.1, 0.15) is 38.4 Å². The van der Waals surface area contributed by atoms with Gasteiger partial charge in [-0.15, -0.1) is 0 Å². The third kappa shape index (κ3) is 2.08. The molecule has 5 heteroatoms. The average Bonchev–Trinajstić information content (AvgIpc) is 2.98. The Labute approximate surface area is 121 Å². The Bertz CT molecular complexity index is 647. The summed E-state index contributed by atoms with van der Waals surface area (Å²) in [5.41, 5.74) is 7.26. The van der Waals surface area contributed by atoms with E-state index in [1.54, 1.807) is 6.07 Å². The van der Waals surface area contributed by atoms with Crippen molar-refractivity contribution in [2.45, 2.75) is 38.0 Å². The summed E-state index contributed by atoms with van der Waals surface area (Å²) in [6.07, 6.45) is 4.39. The Morgan fingerprint density at radius 3 is 2.70 bits per heavy atom. The maximum absolute atomic E-state index is 13.2. The summed E-state index contributed by atoms with van der Waals surface area (Å²) >= 11 is 6.15. The van der Waals surface area contributed by atoms with Gasteiger partial charge in [0.15, 0.2) is 11.6 Å². The van der Waals surface area contributed by atoms with Gasteiger partial charge >= 0.3 is 0 Å². The number of nitrogens with two attached hydrogens (primary N) is 1. The lowest BCUT2D eigenvalue weighted by Crippen LogP contribution is -2.17. The van der Waals surface area contributed by atoms with E-state index in [9.17, 15) is 4.39 Å². The molecule has 0 atom stereocenters. The summed E-state index contributed by atoms with van der Waals surface area (Å²) in [6, 6.07) is 4.28. The molecule has 1 saturated carbocycles. The highest BCUT2D eigenvalue weighted by molar-refractivity contribution is 6.33. The summed E-state index contributed by atoms with van der Waals surface area (Å²) in [4.78, 5) is 0. The van der Waals surface area contributed by atoms with Gasteiger partial charge in [-0.25, -0.2) is 4.39 Å². The number of hydrogen-bond donors (Lipinski definition) is 1. The van der Waals surface area contributed by atoms with E-state index in [4.69, 9.17) is 21.9 Å². The molecule has 0 amide bonds. The molecule has 2 aromatic rings. The van der Waals surface area contributed by atoms with Gasteiger partial charge in [-0.2, -0.15) is 0 Å². The van der Waals surface area contributed by atoms with Crippen LogP contribution < -0.4 is 5.73 Å². The van der Waals surface area contributed by atoms with E-state index in [-0.39, 0.29) is 11.2 Å². The quantitative estimate of drug-likeness (QED) is 0.884. The number of nitrogens with zero attached hydrogens (tertiary/aromatic N) is 1. The second-order valence-corrected chi connectivity index (χ2v) is 6.07. The first-order chi connectivity index (χ1) is 9.51. The summed E-state index contributed by atoms with van der Waals surface area (Å²) in [7, 11) is 0. The predicted molar refractivity (Wildman–Crippen MR) is 77.1 cm³/mol. The Balaban J connectivity index is 2.16. The smallest absolute Gasteiger partial charge is 0.175 e.